The van der Waals surface area contributed by atoms with E-state index in [0.29, 0.717) is 52.5 Å². The van der Waals surface area contributed by atoms with Crippen LogP contribution in [0.25, 0.3) is 11.0 Å². The number of methoxy groups -OCH3 is 4. The van der Waals surface area contributed by atoms with E-state index in [0.717, 1.165) is 16.7 Å². The van der Waals surface area contributed by atoms with Gasteiger partial charge in [-0.15, -0.1) is 0 Å². The van der Waals surface area contributed by atoms with Gasteiger partial charge in [0.15, 0.2) is 28.4 Å². The van der Waals surface area contributed by atoms with Crippen molar-refractivity contribution in [1.82, 2.24) is 4.90 Å². The maximum atomic E-state index is 13.8. The molecule has 0 radical (unpaired) electrons. The Labute approximate surface area is 220 Å². The molecule has 1 atom stereocenters. The number of hydrogen-bond acceptors (Lipinski definition) is 7. The van der Waals surface area contributed by atoms with Gasteiger partial charge in [0.2, 0.25) is 5.76 Å². The van der Waals surface area contributed by atoms with E-state index in [2.05, 4.69) is 0 Å². The number of aryl methyl sites for hydroxylation is 1. The highest BCUT2D eigenvalue weighted by molar-refractivity contribution is 5.99. The molecule has 196 valence electrons. The Morgan fingerprint density at radius 1 is 0.789 bits per heavy atom. The van der Waals surface area contributed by atoms with Gasteiger partial charge in [0.25, 0.3) is 5.91 Å². The van der Waals surface area contributed by atoms with Crippen LogP contribution in [0.4, 0.5) is 0 Å². The van der Waals surface area contributed by atoms with Crippen LogP contribution < -0.4 is 24.4 Å². The lowest BCUT2D eigenvalue weighted by molar-refractivity contribution is 0.0730. The van der Waals surface area contributed by atoms with Crippen LogP contribution in [0.15, 0.2) is 63.8 Å². The quantitative estimate of drug-likeness (QED) is 0.329. The molecule has 0 fully saturated rings. The van der Waals surface area contributed by atoms with E-state index in [9.17, 15) is 9.59 Å². The first kappa shape index (κ1) is 25.2. The third-order valence-electron chi connectivity index (χ3n) is 6.93. The van der Waals surface area contributed by atoms with Crippen LogP contribution in [0.3, 0.4) is 0 Å². The molecular formula is C30H29NO7. The third-order valence-corrected chi connectivity index (χ3v) is 6.93. The van der Waals surface area contributed by atoms with Crippen molar-refractivity contribution in [2.45, 2.75) is 19.4 Å². The van der Waals surface area contributed by atoms with E-state index < -0.39 is 6.04 Å². The molecule has 8 nitrogen and oxygen atoms in total. The minimum absolute atomic E-state index is 0.0680. The van der Waals surface area contributed by atoms with Crippen LogP contribution in [0.2, 0.25) is 0 Å². The van der Waals surface area contributed by atoms with Gasteiger partial charge in [-0.3, -0.25) is 9.59 Å². The summed E-state index contributed by atoms with van der Waals surface area (Å²) in [5, 5.41) is 0.448. The summed E-state index contributed by atoms with van der Waals surface area (Å²) in [6, 6.07) is 15.8. The molecule has 1 aliphatic heterocycles. The summed E-state index contributed by atoms with van der Waals surface area (Å²) >= 11 is 0. The van der Waals surface area contributed by atoms with Gasteiger partial charge in [-0.05, 0) is 60.9 Å². The lowest BCUT2D eigenvalue weighted by Gasteiger charge is -2.26. The zero-order valence-electron chi connectivity index (χ0n) is 22.0. The number of ether oxygens (including phenoxy) is 4. The molecule has 0 saturated heterocycles. The number of hydrogen-bond donors (Lipinski definition) is 0. The molecule has 0 bridgehead atoms. The van der Waals surface area contributed by atoms with Crippen molar-refractivity contribution >= 4 is 16.9 Å². The highest BCUT2D eigenvalue weighted by Gasteiger charge is 2.42. The van der Waals surface area contributed by atoms with E-state index in [1.807, 2.05) is 37.3 Å². The van der Waals surface area contributed by atoms with Crippen molar-refractivity contribution < 1.29 is 28.2 Å². The molecular weight excluding hydrogens is 486 g/mol. The van der Waals surface area contributed by atoms with Crippen molar-refractivity contribution in [3.05, 3.63) is 92.8 Å². The van der Waals surface area contributed by atoms with E-state index in [4.69, 9.17) is 23.4 Å². The Morgan fingerprint density at radius 3 is 2.13 bits per heavy atom. The fraction of sp³-hybridized carbons (Fsp3) is 0.267. The van der Waals surface area contributed by atoms with Gasteiger partial charge in [-0.2, -0.15) is 0 Å². The van der Waals surface area contributed by atoms with Crippen molar-refractivity contribution in [2.75, 3.05) is 35.0 Å². The zero-order valence-corrected chi connectivity index (χ0v) is 22.0. The summed E-state index contributed by atoms with van der Waals surface area (Å²) in [5.74, 6) is 2.03. The van der Waals surface area contributed by atoms with Crippen molar-refractivity contribution in [3.63, 3.8) is 0 Å². The third kappa shape index (κ3) is 4.22. The SMILES string of the molecule is COc1ccc(CCN2C(=O)c3oc4ccc(C)cc4c(=O)c3[C@@H]2c2ccc(OC)c(OC)c2)cc1OC. The van der Waals surface area contributed by atoms with Crippen LogP contribution in [0.5, 0.6) is 23.0 Å². The van der Waals surface area contributed by atoms with E-state index in [-0.39, 0.29) is 17.1 Å². The molecule has 1 amide bonds. The highest BCUT2D eigenvalue weighted by atomic mass is 16.5. The Kier molecular flexibility index (Phi) is 6.72. The first-order valence-corrected chi connectivity index (χ1v) is 12.2. The lowest BCUT2D eigenvalue weighted by atomic mass is 9.97. The molecule has 5 rings (SSSR count). The molecule has 1 aromatic heterocycles. The first-order chi connectivity index (χ1) is 18.4. The Bertz CT molecular complexity index is 1590. The fourth-order valence-corrected chi connectivity index (χ4v) is 5.02. The van der Waals surface area contributed by atoms with Crippen LogP contribution >= 0.6 is 0 Å². The Balaban J connectivity index is 1.62. The molecule has 3 aromatic carbocycles. The van der Waals surface area contributed by atoms with Crippen LogP contribution in [0, 0.1) is 6.92 Å². The van der Waals surface area contributed by atoms with Gasteiger partial charge in [0.05, 0.1) is 45.4 Å². The van der Waals surface area contributed by atoms with E-state index in [1.54, 1.807) is 57.6 Å². The number of rotatable bonds is 8. The molecule has 0 saturated carbocycles. The first-order valence-electron chi connectivity index (χ1n) is 12.2. The van der Waals surface area contributed by atoms with Gasteiger partial charge >= 0.3 is 0 Å². The predicted octanol–water partition coefficient (Wildman–Crippen LogP) is 4.92. The molecule has 0 aliphatic carbocycles. The van der Waals surface area contributed by atoms with Gasteiger partial charge in [-0.25, -0.2) is 0 Å². The number of carbonyl (C=O) groups is 1. The highest BCUT2D eigenvalue weighted by Crippen LogP contribution is 2.41. The minimum Gasteiger partial charge on any atom is -0.493 e. The smallest absolute Gasteiger partial charge is 0.290 e. The maximum Gasteiger partial charge on any atom is 0.290 e. The maximum absolute atomic E-state index is 13.8. The average molecular weight is 516 g/mol. The molecule has 0 N–H and O–H groups in total. The van der Waals surface area contributed by atoms with Crippen molar-refractivity contribution in [2.24, 2.45) is 0 Å². The Hall–Kier alpha value is -4.46. The van der Waals surface area contributed by atoms with Crippen molar-refractivity contribution in [3.8, 4) is 23.0 Å². The zero-order chi connectivity index (χ0) is 27.0. The number of fused-ring (bicyclic) bond motifs is 2. The summed E-state index contributed by atoms with van der Waals surface area (Å²) in [4.78, 5) is 29.3. The van der Waals surface area contributed by atoms with Gasteiger partial charge < -0.3 is 28.3 Å². The average Bonchev–Trinajstić information content (AvgIpc) is 3.22. The minimum atomic E-state index is -0.654. The van der Waals surface area contributed by atoms with E-state index in [1.165, 1.54) is 0 Å². The van der Waals surface area contributed by atoms with Crippen LogP contribution in [-0.4, -0.2) is 45.8 Å². The number of nitrogens with zero attached hydrogens (tertiary/aromatic N) is 1. The van der Waals surface area contributed by atoms with Crippen LogP contribution in [-0.2, 0) is 6.42 Å². The molecule has 1 aliphatic rings. The number of amides is 1. The van der Waals surface area contributed by atoms with Crippen LogP contribution in [0.1, 0.15) is 38.9 Å². The summed E-state index contributed by atoms with van der Waals surface area (Å²) in [5.41, 5.74) is 3.11. The monoisotopic (exact) mass is 515 g/mol. The second-order valence-electron chi connectivity index (χ2n) is 9.13. The Morgan fingerprint density at radius 2 is 1.45 bits per heavy atom. The molecule has 0 unspecified atom stereocenters. The molecule has 8 heteroatoms. The molecule has 38 heavy (non-hydrogen) atoms. The van der Waals surface area contributed by atoms with E-state index >= 15 is 0 Å². The largest absolute Gasteiger partial charge is 0.493 e. The summed E-state index contributed by atoms with van der Waals surface area (Å²) < 4.78 is 27.8. The second kappa shape index (κ2) is 10.1. The number of benzene rings is 3. The van der Waals surface area contributed by atoms with Gasteiger partial charge in [0, 0.05) is 6.54 Å². The number of carbonyl (C=O) groups excluding carboxylic acids is 1. The fourth-order valence-electron chi connectivity index (χ4n) is 5.02. The molecule has 2 heterocycles. The summed E-state index contributed by atoms with van der Waals surface area (Å²) in [6.45, 7) is 2.25. The second-order valence-corrected chi connectivity index (χ2v) is 9.13. The normalized spacial score (nSPS) is 14.5. The lowest BCUT2D eigenvalue weighted by Crippen LogP contribution is -2.31. The molecule has 0 spiro atoms. The predicted molar refractivity (Wildman–Crippen MR) is 143 cm³/mol. The summed E-state index contributed by atoms with van der Waals surface area (Å²) in [6.07, 6.45) is 0.524. The van der Waals surface area contributed by atoms with Gasteiger partial charge in [-0.1, -0.05) is 23.8 Å². The molecule has 4 aromatic rings. The van der Waals surface area contributed by atoms with Gasteiger partial charge in [0.1, 0.15) is 5.58 Å². The standard InChI is InChI=1S/C30H29NO7/c1-17-6-9-21-20(14-17)28(32)26-27(19-8-11-23(35-3)25(16-19)37-5)31(30(33)29(26)38-21)13-12-18-7-10-22(34-2)24(15-18)36-4/h6-11,14-16,27H,12-13H2,1-5H3/t27-/m0/s1. The summed E-state index contributed by atoms with van der Waals surface area (Å²) in [7, 11) is 6.28. The van der Waals surface area contributed by atoms with Crippen molar-refractivity contribution in [1.29, 1.82) is 0 Å². The topological polar surface area (TPSA) is 87.4 Å².